The molecule has 5 rings (SSSR count). The molecule has 1 saturated heterocycles. The fraction of sp³-hybridized carbons (Fsp3) is 0.857. The standard InChI is InChI=1S/C21H34N2O2/c1-15(21-11-17-8-18(12-21)10-19(9-17)13-21)7-20(24)22-16(2)14-23-3-5-25-6-4-23/h7,16-19H,3-6,8-14H2,1-2H3,(H,22,24)/b15-7+. The Morgan fingerprint density at radius 2 is 1.72 bits per heavy atom. The predicted octanol–water partition coefficient (Wildman–Crippen LogP) is 2.99. The maximum Gasteiger partial charge on any atom is 0.244 e. The van der Waals surface area contributed by atoms with Crippen molar-refractivity contribution in [3.05, 3.63) is 11.6 Å². The van der Waals surface area contributed by atoms with Crippen molar-refractivity contribution in [2.45, 2.75) is 58.4 Å². The molecule has 25 heavy (non-hydrogen) atoms. The molecule has 1 N–H and O–H groups in total. The van der Waals surface area contributed by atoms with E-state index in [-0.39, 0.29) is 11.9 Å². The average Bonchev–Trinajstić information content (AvgIpc) is 2.54. The molecule has 4 bridgehead atoms. The first-order valence-electron chi connectivity index (χ1n) is 10.3. The Bertz CT molecular complexity index is 501. The zero-order valence-electron chi connectivity index (χ0n) is 15.9. The van der Waals surface area contributed by atoms with Crippen molar-refractivity contribution < 1.29 is 9.53 Å². The predicted molar refractivity (Wildman–Crippen MR) is 99.2 cm³/mol. The van der Waals surface area contributed by atoms with Crippen LogP contribution in [-0.4, -0.2) is 49.7 Å². The van der Waals surface area contributed by atoms with E-state index in [1.54, 1.807) is 0 Å². The van der Waals surface area contributed by atoms with Crippen molar-refractivity contribution >= 4 is 5.91 Å². The van der Waals surface area contributed by atoms with Crippen LogP contribution in [0.15, 0.2) is 11.6 Å². The molecule has 4 saturated carbocycles. The van der Waals surface area contributed by atoms with Gasteiger partial charge < -0.3 is 10.1 Å². The summed E-state index contributed by atoms with van der Waals surface area (Å²) in [5.74, 6) is 2.89. The molecule has 4 heteroatoms. The number of amides is 1. The average molecular weight is 347 g/mol. The van der Waals surface area contributed by atoms with Crippen LogP contribution in [0.25, 0.3) is 0 Å². The highest BCUT2D eigenvalue weighted by molar-refractivity contribution is 5.88. The summed E-state index contributed by atoms with van der Waals surface area (Å²) in [5, 5.41) is 3.19. The molecule has 0 aromatic heterocycles. The van der Waals surface area contributed by atoms with Crippen molar-refractivity contribution in [1.29, 1.82) is 0 Å². The number of hydrogen-bond acceptors (Lipinski definition) is 3. The monoisotopic (exact) mass is 346 g/mol. The lowest BCUT2D eigenvalue weighted by Gasteiger charge is -2.57. The normalized spacial score (nSPS) is 39.4. The van der Waals surface area contributed by atoms with Crippen molar-refractivity contribution in [2.75, 3.05) is 32.8 Å². The molecule has 0 aromatic rings. The van der Waals surface area contributed by atoms with Crippen molar-refractivity contribution in [3.8, 4) is 0 Å². The van der Waals surface area contributed by atoms with Crippen LogP contribution >= 0.6 is 0 Å². The Morgan fingerprint density at radius 3 is 2.28 bits per heavy atom. The molecule has 0 radical (unpaired) electrons. The van der Waals surface area contributed by atoms with Crippen LogP contribution in [0.4, 0.5) is 0 Å². The van der Waals surface area contributed by atoms with Crippen LogP contribution in [0.1, 0.15) is 52.4 Å². The minimum Gasteiger partial charge on any atom is -0.379 e. The van der Waals surface area contributed by atoms with Crippen LogP contribution in [0.3, 0.4) is 0 Å². The van der Waals surface area contributed by atoms with E-state index in [2.05, 4.69) is 24.1 Å². The van der Waals surface area contributed by atoms with Gasteiger partial charge in [0.25, 0.3) is 0 Å². The van der Waals surface area contributed by atoms with E-state index in [9.17, 15) is 4.79 Å². The zero-order chi connectivity index (χ0) is 17.4. The van der Waals surface area contributed by atoms with E-state index in [0.29, 0.717) is 5.41 Å². The third-order valence-corrected chi connectivity index (χ3v) is 7.25. The highest BCUT2D eigenvalue weighted by Gasteiger charge is 2.51. The number of nitrogens with zero attached hydrogens (tertiary/aromatic N) is 1. The molecule has 0 spiro atoms. The number of rotatable bonds is 5. The SMILES string of the molecule is C/C(=C\C(=O)NC(C)CN1CCOCC1)C12CC3CC(CC(C3)C1)C2. The fourth-order valence-electron chi connectivity index (χ4n) is 6.44. The lowest BCUT2D eigenvalue weighted by atomic mass is 9.48. The van der Waals surface area contributed by atoms with Gasteiger partial charge in [0.05, 0.1) is 13.2 Å². The Hall–Kier alpha value is -0.870. The smallest absolute Gasteiger partial charge is 0.244 e. The molecule has 4 aliphatic carbocycles. The van der Waals surface area contributed by atoms with Crippen LogP contribution in [0.5, 0.6) is 0 Å². The Labute approximate surface area is 152 Å². The summed E-state index contributed by atoms with van der Waals surface area (Å²) < 4.78 is 5.39. The molecule has 5 fully saturated rings. The van der Waals surface area contributed by atoms with Crippen molar-refractivity contribution in [2.24, 2.45) is 23.2 Å². The van der Waals surface area contributed by atoms with Gasteiger partial charge in [-0.2, -0.15) is 0 Å². The number of morpholine rings is 1. The third-order valence-electron chi connectivity index (χ3n) is 7.25. The lowest BCUT2D eigenvalue weighted by molar-refractivity contribution is -0.117. The van der Waals surface area contributed by atoms with E-state index in [4.69, 9.17) is 4.74 Å². The van der Waals surface area contributed by atoms with Crippen molar-refractivity contribution in [1.82, 2.24) is 10.2 Å². The second-order valence-electron chi connectivity index (χ2n) is 9.35. The minimum absolute atomic E-state index is 0.106. The number of carbonyl (C=O) groups excluding carboxylic acids is 1. The number of hydrogen-bond donors (Lipinski definition) is 1. The molecule has 1 atom stereocenters. The summed E-state index contributed by atoms with van der Waals surface area (Å²) in [6.07, 6.45) is 10.3. The van der Waals surface area contributed by atoms with Gasteiger partial charge in [-0.15, -0.1) is 0 Å². The fourth-order valence-corrected chi connectivity index (χ4v) is 6.44. The van der Waals surface area contributed by atoms with Gasteiger partial charge in [-0.1, -0.05) is 5.57 Å². The zero-order valence-corrected chi connectivity index (χ0v) is 15.9. The third kappa shape index (κ3) is 3.80. The van der Waals surface area contributed by atoms with E-state index >= 15 is 0 Å². The van der Waals surface area contributed by atoms with Gasteiger partial charge in [-0.3, -0.25) is 9.69 Å². The summed E-state index contributed by atoms with van der Waals surface area (Å²) in [5.41, 5.74) is 1.70. The molecular weight excluding hydrogens is 312 g/mol. The summed E-state index contributed by atoms with van der Waals surface area (Å²) in [6, 6.07) is 0.186. The van der Waals surface area contributed by atoms with Gasteiger partial charge in [0.15, 0.2) is 0 Å². The van der Waals surface area contributed by atoms with Crippen molar-refractivity contribution in [3.63, 3.8) is 0 Å². The van der Waals surface area contributed by atoms with Crippen LogP contribution < -0.4 is 5.32 Å². The van der Waals surface area contributed by atoms with E-state index in [0.717, 1.165) is 50.6 Å². The Morgan fingerprint density at radius 1 is 1.16 bits per heavy atom. The van der Waals surface area contributed by atoms with Gasteiger partial charge >= 0.3 is 0 Å². The quantitative estimate of drug-likeness (QED) is 0.778. The largest absolute Gasteiger partial charge is 0.379 e. The summed E-state index contributed by atoms with van der Waals surface area (Å²) in [6.45, 7) is 8.82. The molecule has 1 aliphatic heterocycles. The van der Waals surface area contributed by atoms with Crippen LogP contribution in [0.2, 0.25) is 0 Å². The first-order valence-corrected chi connectivity index (χ1v) is 10.3. The number of nitrogens with one attached hydrogen (secondary N) is 1. The van der Waals surface area contributed by atoms with E-state index < -0.39 is 0 Å². The van der Waals surface area contributed by atoms with Crippen LogP contribution in [-0.2, 0) is 9.53 Å². The van der Waals surface area contributed by atoms with Gasteiger partial charge in [-0.05, 0) is 75.5 Å². The first kappa shape index (κ1) is 17.5. The summed E-state index contributed by atoms with van der Waals surface area (Å²) in [7, 11) is 0. The van der Waals surface area contributed by atoms with E-state index in [1.807, 2.05) is 6.08 Å². The van der Waals surface area contributed by atoms with Gasteiger partial charge in [0, 0.05) is 31.8 Å². The molecule has 1 heterocycles. The molecule has 5 aliphatic rings. The lowest BCUT2D eigenvalue weighted by Crippen LogP contribution is -2.47. The molecule has 0 aromatic carbocycles. The second-order valence-corrected chi connectivity index (χ2v) is 9.35. The second kappa shape index (κ2) is 7.03. The summed E-state index contributed by atoms with van der Waals surface area (Å²) >= 11 is 0. The minimum atomic E-state index is 0.106. The number of carbonyl (C=O) groups is 1. The molecule has 1 unspecified atom stereocenters. The van der Waals surface area contributed by atoms with Gasteiger partial charge in [0.1, 0.15) is 0 Å². The summed E-state index contributed by atoms with van der Waals surface area (Å²) in [4.78, 5) is 14.9. The highest BCUT2D eigenvalue weighted by Crippen LogP contribution is 2.62. The number of allylic oxidation sites excluding steroid dienone is 1. The van der Waals surface area contributed by atoms with Gasteiger partial charge in [0.2, 0.25) is 5.91 Å². The highest BCUT2D eigenvalue weighted by atomic mass is 16.5. The Balaban J connectivity index is 1.34. The first-order chi connectivity index (χ1) is 12.0. The maximum absolute atomic E-state index is 12.6. The Kier molecular flexibility index (Phi) is 4.93. The maximum atomic E-state index is 12.6. The molecular formula is C21H34N2O2. The van der Waals surface area contributed by atoms with Gasteiger partial charge in [-0.25, -0.2) is 0 Å². The molecule has 140 valence electrons. The molecule has 4 nitrogen and oxygen atoms in total. The van der Waals surface area contributed by atoms with E-state index in [1.165, 1.54) is 44.1 Å². The van der Waals surface area contributed by atoms with Crippen LogP contribution in [0, 0.1) is 23.2 Å². The topological polar surface area (TPSA) is 41.6 Å². The number of ether oxygens (including phenoxy) is 1. The molecule has 1 amide bonds.